The topological polar surface area (TPSA) is 40.3 Å². The molecule has 0 saturated heterocycles. The Balaban J connectivity index is 1.80. The zero-order chi connectivity index (χ0) is 14.7. The van der Waals surface area contributed by atoms with E-state index in [1.807, 2.05) is 30.3 Å². The van der Waals surface area contributed by atoms with Gasteiger partial charge in [0.25, 0.3) is 0 Å². The van der Waals surface area contributed by atoms with Crippen LogP contribution in [0.25, 0.3) is 0 Å². The molecule has 0 N–H and O–H groups in total. The second-order valence-corrected chi connectivity index (χ2v) is 6.04. The standard InChI is InChI=1S/C16H15IN4/c1-18-13-4-6-14(7-5-13)19-20-15-8-9-16-12(11-15)3-2-10-21(16)17/h4-9,11H,1-3,10H2. The number of hydrogen-bond donors (Lipinski definition) is 0. The molecule has 0 radical (unpaired) electrons. The van der Waals surface area contributed by atoms with Crippen LogP contribution in [0.4, 0.5) is 22.7 Å². The van der Waals surface area contributed by atoms with Gasteiger partial charge in [-0.25, -0.2) is 0 Å². The van der Waals surface area contributed by atoms with Crippen molar-refractivity contribution in [2.75, 3.05) is 9.66 Å². The van der Waals surface area contributed by atoms with Crippen molar-refractivity contribution in [1.29, 1.82) is 0 Å². The first-order valence-corrected chi connectivity index (χ1v) is 7.77. The smallest absolute Gasteiger partial charge is 0.0861 e. The Morgan fingerprint density at radius 3 is 2.38 bits per heavy atom. The quantitative estimate of drug-likeness (QED) is 0.294. The molecule has 106 valence electrons. The van der Waals surface area contributed by atoms with E-state index in [0.717, 1.165) is 30.0 Å². The molecule has 21 heavy (non-hydrogen) atoms. The van der Waals surface area contributed by atoms with Crippen LogP contribution >= 0.6 is 22.9 Å². The maximum absolute atomic E-state index is 4.32. The van der Waals surface area contributed by atoms with E-state index in [9.17, 15) is 0 Å². The summed E-state index contributed by atoms with van der Waals surface area (Å²) in [6.45, 7) is 4.60. The van der Waals surface area contributed by atoms with E-state index in [1.54, 1.807) is 0 Å². The summed E-state index contributed by atoms with van der Waals surface area (Å²) in [4.78, 5) is 3.86. The van der Waals surface area contributed by atoms with Gasteiger partial charge >= 0.3 is 0 Å². The van der Waals surface area contributed by atoms with Crippen molar-refractivity contribution in [3.8, 4) is 0 Å². The Hall–Kier alpha value is -1.76. The molecule has 0 fully saturated rings. The van der Waals surface area contributed by atoms with Crippen LogP contribution in [0, 0.1) is 0 Å². The Labute approximate surface area is 138 Å². The van der Waals surface area contributed by atoms with Crippen molar-refractivity contribution in [2.45, 2.75) is 12.8 Å². The number of halogens is 1. The fourth-order valence-corrected chi connectivity index (χ4v) is 3.15. The number of rotatable bonds is 3. The minimum absolute atomic E-state index is 0.815. The first-order chi connectivity index (χ1) is 10.3. The molecule has 1 aliphatic rings. The number of aliphatic imine (C=N–C) groups is 1. The van der Waals surface area contributed by atoms with Crippen LogP contribution in [0.1, 0.15) is 12.0 Å². The summed E-state index contributed by atoms with van der Waals surface area (Å²) < 4.78 is 2.26. The Kier molecular flexibility index (Phi) is 4.28. The van der Waals surface area contributed by atoms with E-state index in [-0.39, 0.29) is 0 Å². The zero-order valence-electron chi connectivity index (χ0n) is 11.5. The van der Waals surface area contributed by atoms with Gasteiger partial charge in [0.2, 0.25) is 0 Å². The molecule has 2 aromatic rings. The molecule has 0 unspecified atom stereocenters. The highest BCUT2D eigenvalue weighted by Gasteiger charge is 2.14. The summed E-state index contributed by atoms with van der Waals surface area (Å²) >= 11 is 2.36. The number of hydrogen-bond acceptors (Lipinski definition) is 4. The number of aryl methyl sites for hydroxylation is 1. The van der Waals surface area contributed by atoms with E-state index in [1.165, 1.54) is 17.7 Å². The van der Waals surface area contributed by atoms with Gasteiger partial charge < -0.3 is 3.11 Å². The molecule has 1 heterocycles. The van der Waals surface area contributed by atoms with Crippen molar-refractivity contribution in [1.82, 2.24) is 0 Å². The molecule has 5 heteroatoms. The number of azo groups is 1. The van der Waals surface area contributed by atoms with Crippen molar-refractivity contribution in [3.05, 3.63) is 48.0 Å². The lowest BCUT2D eigenvalue weighted by Crippen LogP contribution is -2.18. The van der Waals surface area contributed by atoms with Crippen molar-refractivity contribution in [3.63, 3.8) is 0 Å². The molecule has 0 aromatic heterocycles. The minimum Gasteiger partial charge on any atom is -0.315 e. The van der Waals surface area contributed by atoms with Gasteiger partial charge in [0.05, 0.1) is 39.9 Å². The van der Waals surface area contributed by atoms with E-state index < -0.39 is 0 Å². The third kappa shape index (κ3) is 3.29. The second kappa shape index (κ2) is 6.34. The Bertz CT molecular complexity index is 679. The maximum Gasteiger partial charge on any atom is 0.0861 e. The van der Waals surface area contributed by atoms with Gasteiger partial charge in [-0.05, 0) is 67.6 Å². The summed E-state index contributed by atoms with van der Waals surface area (Å²) in [6, 6.07) is 13.8. The first-order valence-electron chi connectivity index (χ1n) is 6.81. The van der Waals surface area contributed by atoms with Gasteiger partial charge in [-0.3, -0.25) is 4.99 Å². The van der Waals surface area contributed by atoms with Gasteiger partial charge in [-0.2, -0.15) is 10.2 Å². The van der Waals surface area contributed by atoms with Crippen LogP contribution in [0.2, 0.25) is 0 Å². The van der Waals surface area contributed by atoms with Crippen LogP contribution in [-0.2, 0) is 6.42 Å². The highest BCUT2D eigenvalue weighted by Crippen LogP contribution is 2.33. The predicted octanol–water partition coefficient (Wildman–Crippen LogP) is 5.54. The zero-order valence-corrected chi connectivity index (χ0v) is 13.7. The molecule has 0 amide bonds. The number of fused-ring (bicyclic) bond motifs is 1. The third-order valence-corrected chi connectivity index (χ3v) is 4.44. The lowest BCUT2D eigenvalue weighted by atomic mass is 10.0. The van der Waals surface area contributed by atoms with Gasteiger partial charge in [0.1, 0.15) is 0 Å². The molecule has 0 spiro atoms. The second-order valence-electron chi connectivity index (χ2n) is 4.88. The third-order valence-electron chi connectivity index (χ3n) is 3.44. The monoisotopic (exact) mass is 390 g/mol. The molecule has 0 saturated carbocycles. The fourth-order valence-electron chi connectivity index (χ4n) is 2.34. The molecular formula is C16H15IN4. The summed E-state index contributed by atoms with van der Waals surface area (Å²) in [5.41, 5.74) is 5.19. The lowest BCUT2D eigenvalue weighted by molar-refractivity contribution is 0.805. The summed E-state index contributed by atoms with van der Waals surface area (Å²) in [7, 11) is 0. The highest BCUT2D eigenvalue weighted by atomic mass is 127. The molecule has 2 aromatic carbocycles. The number of anilines is 1. The molecule has 0 atom stereocenters. The van der Waals surface area contributed by atoms with Crippen LogP contribution in [-0.4, -0.2) is 13.3 Å². The fraction of sp³-hybridized carbons (Fsp3) is 0.188. The summed E-state index contributed by atoms with van der Waals surface area (Å²) in [6.07, 6.45) is 2.30. The number of nitrogens with zero attached hydrogens (tertiary/aromatic N) is 4. The number of benzene rings is 2. The van der Waals surface area contributed by atoms with Crippen molar-refractivity contribution >= 4 is 52.3 Å². The van der Waals surface area contributed by atoms with E-state index in [0.29, 0.717) is 0 Å². The van der Waals surface area contributed by atoms with E-state index >= 15 is 0 Å². The van der Waals surface area contributed by atoms with E-state index in [4.69, 9.17) is 0 Å². The summed E-state index contributed by atoms with van der Waals surface area (Å²) in [5.74, 6) is 0. The van der Waals surface area contributed by atoms with Gasteiger partial charge in [-0.1, -0.05) is 0 Å². The van der Waals surface area contributed by atoms with Crippen LogP contribution < -0.4 is 3.11 Å². The summed E-state index contributed by atoms with van der Waals surface area (Å²) in [5, 5.41) is 8.59. The van der Waals surface area contributed by atoms with Crippen molar-refractivity contribution in [2.24, 2.45) is 15.2 Å². The Morgan fingerprint density at radius 2 is 1.62 bits per heavy atom. The predicted molar refractivity (Wildman–Crippen MR) is 96.0 cm³/mol. The van der Waals surface area contributed by atoms with Gasteiger partial charge in [0, 0.05) is 12.2 Å². The lowest BCUT2D eigenvalue weighted by Gasteiger charge is -2.25. The molecule has 4 nitrogen and oxygen atoms in total. The molecular weight excluding hydrogens is 375 g/mol. The largest absolute Gasteiger partial charge is 0.315 e. The highest BCUT2D eigenvalue weighted by molar-refractivity contribution is 14.1. The minimum atomic E-state index is 0.815. The van der Waals surface area contributed by atoms with Gasteiger partial charge in [0.15, 0.2) is 0 Å². The molecule has 0 aliphatic carbocycles. The van der Waals surface area contributed by atoms with E-state index in [2.05, 4.69) is 60.0 Å². The van der Waals surface area contributed by atoms with Crippen LogP contribution in [0.5, 0.6) is 0 Å². The normalized spacial score (nSPS) is 14.2. The van der Waals surface area contributed by atoms with Crippen molar-refractivity contribution < 1.29 is 0 Å². The molecule has 0 bridgehead atoms. The Morgan fingerprint density at radius 1 is 0.952 bits per heavy atom. The molecule has 1 aliphatic heterocycles. The van der Waals surface area contributed by atoms with Gasteiger partial charge in [-0.15, -0.1) is 0 Å². The maximum atomic E-state index is 4.32. The average Bonchev–Trinajstić information content (AvgIpc) is 2.53. The van der Waals surface area contributed by atoms with Crippen LogP contribution in [0.15, 0.2) is 57.7 Å². The molecule has 3 rings (SSSR count). The SMILES string of the molecule is C=Nc1ccc(N=Nc2ccc3c(c2)CCCN3I)cc1. The first kappa shape index (κ1) is 14.2. The van der Waals surface area contributed by atoms with Crippen LogP contribution in [0.3, 0.4) is 0 Å². The average molecular weight is 390 g/mol.